The molecule has 2 heterocycles. The number of nitrogens with zero attached hydrogens (tertiary/aromatic N) is 3. The van der Waals surface area contributed by atoms with Gasteiger partial charge in [0.15, 0.2) is 0 Å². The van der Waals surface area contributed by atoms with Gasteiger partial charge in [0, 0.05) is 44.6 Å². The summed E-state index contributed by atoms with van der Waals surface area (Å²) in [6.45, 7) is 4.83. The second-order valence-electron chi connectivity index (χ2n) is 9.48. The lowest BCUT2D eigenvalue weighted by Gasteiger charge is -2.33. The number of hydroxylamine groups is 1. The van der Waals surface area contributed by atoms with Crippen LogP contribution in [0.2, 0.25) is 0 Å². The van der Waals surface area contributed by atoms with E-state index in [1.54, 1.807) is 18.5 Å². The van der Waals surface area contributed by atoms with E-state index < -0.39 is 10.0 Å². The van der Waals surface area contributed by atoms with Crippen LogP contribution in [0.4, 0.5) is 0 Å². The summed E-state index contributed by atoms with van der Waals surface area (Å²) in [7, 11) is -3.48. The average molecular weight is 523 g/mol. The van der Waals surface area contributed by atoms with Crippen LogP contribution in [0.5, 0.6) is 0 Å². The molecule has 1 saturated carbocycles. The molecule has 1 aromatic heterocycles. The molecule has 0 radical (unpaired) electrons. The van der Waals surface area contributed by atoms with E-state index in [0.717, 1.165) is 83.2 Å². The van der Waals surface area contributed by atoms with Gasteiger partial charge in [-0.3, -0.25) is 19.5 Å². The van der Waals surface area contributed by atoms with Gasteiger partial charge in [0.2, 0.25) is 15.9 Å². The number of ether oxygens (including phenoxy) is 1. The topological polar surface area (TPSA) is 101 Å². The van der Waals surface area contributed by atoms with Crippen molar-refractivity contribution in [2.75, 3.05) is 51.8 Å². The molecule has 36 heavy (non-hydrogen) atoms. The normalized spacial score (nSPS) is 18.1. The van der Waals surface area contributed by atoms with E-state index in [1.807, 2.05) is 12.1 Å². The summed E-state index contributed by atoms with van der Waals surface area (Å²) in [4.78, 5) is 24.1. The summed E-state index contributed by atoms with van der Waals surface area (Å²) in [5, 5.41) is 2.87. The molecule has 1 saturated heterocycles. The van der Waals surface area contributed by atoms with Crippen LogP contribution in [0.1, 0.15) is 63.4 Å². The minimum atomic E-state index is -3.48. The first kappa shape index (κ1) is 28.7. The molecule has 0 unspecified atom stereocenters. The molecule has 0 atom stereocenters. The number of carbonyl (C=O) groups is 1. The number of nitrogens with one attached hydrogen (secondary N) is 1. The molecule has 9 nitrogen and oxygen atoms in total. The Morgan fingerprint density at radius 3 is 2.69 bits per heavy atom. The highest BCUT2D eigenvalue weighted by molar-refractivity contribution is 7.88. The Kier molecular flexibility index (Phi) is 12.8. The zero-order valence-corrected chi connectivity index (χ0v) is 22.2. The van der Waals surface area contributed by atoms with Gasteiger partial charge < -0.3 is 10.1 Å². The lowest BCUT2D eigenvalue weighted by atomic mass is 9.96. The fourth-order valence-corrected chi connectivity index (χ4v) is 6.21. The number of pyridine rings is 1. The van der Waals surface area contributed by atoms with E-state index in [4.69, 9.17) is 9.57 Å². The van der Waals surface area contributed by atoms with Gasteiger partial charge in [-0.15, -0.1) is 0 Å². The van der Waals surface area contributed by atoms with Crippen LogP contribution in [-0.2, 0) is 24.4 Å². The van der Waals surface area contributed by atoms with E-state index in [9.17, 15) is 13.2 Å². The molecule has 0 aromatic carbocycles. The predicted molar refractivity (Wildman–Crippen MR) is 140 cm³/mol. The van der Waals surface area contributed by atoms with E-state index >= 15 is 0 Å². The fourth-order valence-electron chi connectivity index (χ4n) is 4.56. The Hall–Kier alpha value is -1.85. The molecule has 2 aliphatic rings. The van der Waals surface area contributed by atoms with Gasteiger partial charge in [0.1, 0.15) is 0 Å². The van der Waals surface area contributed by atoms with E-state index in [2.05, 4.69) is 15.2 Å². The molecule has 1 aromatic rings. The van der Waals surface area contributed by atoms with Crippen molar-refractivity contribution in [3.63, 3.8) is 0 Å². The molecular weight excluding hydrogens is 480 g/mol. The molecule has 0 spiro atoms. The van der Waals surface area contributed by atoms with Crippen molar-refractivity contribution < 1.29 is 22.8 Å². The van der Waals surface area contributed by atoms with Crippen LogP contribution in [0, 0.1) is 0 Å². The molecule has 3 rings (SSSR count). The summed E-state index contributed by atoms with van der Waals surface area (Å²) in [6.07, 6.45) is 14.7. The molecule has 1 aliphatic heterocycles. The lowest BCUT2D eigenvalue weighted by Crippen LogP contribution is -2.45. The second kappa shape index (κ2) is 16.1. The number of rotatable bonds is 15. The highest BCUT2D eigenvalue weighted by atomic mass is 32.2. The number of unbranched alkanes of at least 4 members (excludes halogenated alkanes) is 3. The number of amides is 1. The van der Waals surface area contributed by atoms with Crippen molar-refractivity contribution in [1.29, 1.82) is 0 Å². The lowest BCUT2D eigenvalue weighted by molar-refractivity contribution is -0.126. The number of carbonyl (C=O) groups excluding carboxylic acids is 1. The number of hydrogen-bond acceptors (Lipinski definition) is 7. The van der Waals surface area contributed by atoms with E-state index in [1.165, 1.54) is 10.5 Å². The Morgan fingerprint density at radius 1 is 1.17 bits per heavy atom. The summed E-state index contributed by atoms with van der Waals surface area (Å²) >= 11 is 0. The van der Waals surface area contributed by atoms with Gasteiger partial charge in [-0.05, 0) is 43.4 Å². The minimum absolute atomic E-state index is 0.0524. The van der Waals surface area contributed by atoms with Gasteiger partial charge in [0.05, 0.1) is 31.6 Å². The highest BCUT2D eigenvalue weighted by Gasteiger charge is 2.32. The van der Waals surface area contributed by atoms with Crippen molar-refractivity contribution in [3.8, 4) is 0 Å². The van der Waals surface area contributed by atoms with Crippen molar-refractivity contribution in [3.05, 3.63) is 36.2 Å². The molecular formula is C26H42N4O5S. The first-order chi connectivity index (χ1) is 17.5. The van der Waals surface area contributed by atoms with Crippen molar-refractivity contribution >= 4 is 22.0 Å². The zero-order chi connectivity index (χ0) is 25.5. The van der Waals surface area contributed by atoms with Crippen LogP contribution in [0.15, 0.2) is 30.6 Å². The maximum atomic E-state index is 13.2. The van der Waals surface area contributed by atoms with Gasteiger partial charge in [-0.1, -0.05) is 42.6 Å². The summed E-state index contributed by atoms with van der Waals surface area (Å²) in [6, 6.07) is 3.66. The van der Waals surface area contributed by atoms with Gasteiger partial charge in [-0.25, -0.2) is 8.42 Å². The predicted octanol–water partition coefficient (Wildman–Crippen LogP) is 3.00. The molecule has 1 aliphatic carbocycles. The van der Waals surface area contributed by atoms with Crippen molar-refractivity contribution in [2.45, 2.75) is 63.8 Å². The molecule has 202 valence electrons. The fraction of sp³-hybridized carbons (Fsp3) is 0.692. The summed E-state index contributed by atoms with van der Waals surface area (Å²) in [5.41, 5.74) is 0.876. The standard InChI is InChI=1S/C26H42N4O5S/c31-26(13-12-24-9-8-14-27-23-24)28-15-6-1-2-7-22-36(32,33)30(25-10-4-3-5-11-25)35-21-18-29-16-19-34-20-17-29/h8-9,12-14,23,25H,1-7,10-11,15-22H2,(H,28,31)/b13-12+. The molecule has 1 amide bonds. The Morgan fingerprint density at radius 2 is 1.94 bits per heavy atom. The highest BCUT2D eigenvalue weighted by Crippen LogP contribution is 2.26. The smallest absolute Gasteiger partial charge is 0.243 e. The summed E-state index contributed by atoms with van der Waals surface area (Å²) in [5.74, 6) is -0.0415. The summed E-state index contributed by atoms with van der Waals surface area (Å²) < 4.78 is 33.1. The first-order valence-corrected chi connectivity index (χ1v) is 15.0. The van der Waals surface area contributed by atoms with E-state index in [0.29, 0.717) is 26.1 Å². The van der Waals surface area contributed by atoms with Gasteiger partial charge >= 0.3 is 0 Å². The van der Waals surface area contributed by atoms with Crippen LogP contribution in [0.25, 0.3) is 6.08 Å². The maximum Gasteiger partial charge on any atom is 0.243 e. The number of aromatic nitrogens is 1. The molecule has 10 heteroatoms. The SMILES string of the molecule is O=C(/C=C/c1cccnc1)NCCCCCCS(=O)(=O)N(OCCN1CCOCC1)C1CCCCC1. The Balaban J connectivity index is 1.34. The molecule has 0 bridgehead atoms. The number of hydrogen-bond donors (Lipinski definition) is 1. The van der Waals surface area contributed by atoms with Crippen LogP contribution >= 0.6 is 0 Å². The Labute approximate surface area is 216 Å². The first-order valence-electron chi connectivity index (χ1n) is 13.4. The van der Waals surface area contributed by atoms with Crippen molar-refractivity contribution in [2.24, 2.45) is 0 Å². The van der Waals surface area contributed by atoms with Gasteiger partial charge in [-0.2, -0.15) is 0 Å². The number of sulfonamides is 1. The molecule has 1 N–H and O–H groups in total. The zero-order valence-electron chi connectivity index (χ0n) is 21.4. The average Bonchev–Trinajstić information content (AvgIpc) is 2.91. The second-order valence-corrected chi connectivity index (χ2v) is 11.4. The third-order valence-corrected chi connectivity index (χ3v) is 8.37. The maximum absolute atomic E-state index is 13.2. The number of morpholine rings is 1. The monoisotopic (exact) mass is 522 g/mol. The van der Waals surface area contributed by atoms with Crippen LogP contribution < -0.4 is 5.32 Å². The third kappa shape index (κ3) is 10.6. The Bertz CT molecular complexity index is 885. The molecule has 2 fully saturated rings. The minimum Gasteiger partial charge on any atom is -0.379 e. The quantitative estimate of drug-likeness (QED) is 0.215. The van der Waals surface area contributed by atoms with Crippen LogP contribution in [-0.4, -0.2) is 86.5 Å². The van der Waals surface area contributed by atoms with Crippen molar-refractivity contribution in [1.82, 2.24) is 19.7 Å². The van der Waals surface area contributed by atoms with Crippen LogP contribution in [0.3, 0.4) is 0 Å². The third-order valence-electron chi connectivity index (χ3n) is 6.62. The van der Waals surface area contributed by atoms with E-state index in [-0.39, 0.29) is 17.7 Å². The van der Waals surface area contributed by atoms with Gasteiger partial charge in [0.25, 0.3) is 0 Å². The largest absolute Gasteiger partial charge is 0.379 e.